The predicted octanol–water partition coefficient (Wildman–Crippen LogP) is 3.95. The van der Waals surface area contributed by atoms with Crippen LogP contribution in [0.5, 0.6) is 11.5 Å². The number of methoxy groups -OCH3 is 2. The third-order valence-corrected chi connectivity index (χ3v) is 5.66. The van der Waals surface area contributed by atoms with E-state index in [1.807, 2.05) is 55.5 Å². The van der Waals surface area contributed by atoms with E-state index in [1.54, 1.807) is 25.3 Å². The lowest BCUT2D eigenvalue weighted by molar-refractivity contribution is -0.126. The molecule has 0 spiro atoms. The Morgan fingerprint density at radius 3 is 2.54 bits per heavy atom. The Morgan fingerprint density at radius 1 is 1.11 bits per heavy atom. The molecule has 0 radical (unpaired) electrons. The standard InChI is InChI=1S/C21H23N3O3S/c1-4-19-20(25)24(14-15-8-6-5-7-9-15)21(28-19)23-22-13-16-10-11-17(26-2)18(12-16)27-3/h5-13,19H,4,14H2,1-3H3. The highest BCUT2D eigenvalue weighted by molar-refractivity contribution is 8.15. The molecule has 6 nitrogen and oxygen atoms in total. The zero-order valence-electron chi connectivity index (χ0n) is 16.2. The number of amidine groups is 1. The van der Waals surface area contributed by atoms with Crippen molar-refractivity contribution in [2.75, 3.05) is 14.2 Å². The molecule has 2 aromatic rings. The number of hydrogen-bond donors (Lipinski definition) is 0. The molecule has 2 aromatic carbocycles. The van der Waals surface area contributed by atoms with E-state index in [0.29, 0.717) is 23.2 Å². The molecule has 1 amide bonds. The minimum absolute atomic E-state index is 0.0800. The van der Waals surface area contributed by atoms with Crippen molar-refractivity contribution in [3.63, 3.8) is 0 Å². The Balaban J connectivity index is 1.80. The third kappa shape index (κ3) is 4.54. The molecule has 1 fully saturated rings. The summed E-state index contributed by atoms with van der Waals surface area (Å²) in [5.41, 5.74) is 1.89. The lowest BCUT2D eigenvalue weighted by Crippen LogP contribution is -2.31. The first-order valence-corrected chi connectivity index (χ1v) is 9.89. The molecule has 3 rings (SSSR count). The summed E-state index contributed by atoms with van der Waals surface area (Å²) >= 11 is 1.46. The molecule has 146 valence electrons. The van der Waals surface area contributed by atoms with Crippen LogP contribution >= 0.6 is 11.8 Å². The van der Waals surface area contributed by atoms with Crippen LogP contribution in [-0.2, 0) is 11.3 Å². The smallest absolute Gasteiger partial charge is 0.242 e. The summed E-state index contributed by atoms with van der Waals surface area (Å²) in [6, 6.07) is 15.4. The summed E-state index contributed by atoms with van der Waals surface area (Å²) in [6.07, 6.45) is 2.40. The number of thioether (sulfide) groups is 1. The van der Waals surface area contributed by atoms with E-state index >= 15 is 0 Å². The quantitative estimate of drug-likeness (QED) is 0.524. The molecule has 0 aliphatic carbocycles. The molecular formula is C21H23N3O3S. The second-order valence-electron chi connectivity index (χ2n) is 6.17. The van der Waals surface area contributed by atoms with Gasteiger partial charge < -0.3 is 9.47 Å². The van der Waals surface area contributed by atoms with Crippen LogP contribution in [-0.4, -0.2) is 41.7 Å². The number of carbonyl (C=O) groups is 1. The summed E-state index contributed by atoms with van der Waals surface area (Å²) in [4.78, 5) is 14.4. The van der Waals surface area contributed by atoms with Crippen LogP contribution < -0.4 is 9.47 Å². The van der Waals surface area contributed by atoms with Gasteiger partial charge in [-0.05, 0) is 35.7 Å². The van der Waals surface area contributed by atoms with Crippen molar-refractivity contribution >= 4 is 29.1 Å². The van der Waals surface area contributed by atoms with E-state index in [-0.39, 0.29) is 11.2 Å². The van der Waals surface area contributed by atoms with E-state index in [0.717, 1.165) is 17.5 Å². The highest BCUT2D eigenvalue weighted by Crippen LogP contribution is 2.31. The number of amides is 1. The van der Waals surface area contributed by atoms with Crippen molar-refractivity contribution in [3.8, 4) is 11.5 Å². The van der Waals surface area contributed by atoms with Gasteiger partial charge in [-0.1, -0.05) is 49.0 Å². The van der Waals surface area contributed by atoms with Crippen LogP contribution in [0.2, 0.25) is 0 Å². The van der Waals surface area contributed by atoms with Gasteiger partial charge in [0.05, 0.1) is 32.2 Å². The van der Waals surface area contributed by atoms with Crippen LogP contribution in [0.1, 0.15) is 24.5 Å². The van der Waals surface area contributed by atoms with Crippen molar-refractivity contribution < 1.29 is 14.3 Å². The Kier molecular flexibility index (Phi) is 6.71. The van der Waals surface area contributed by atoms with E-state index in [1.165, 1.54) is 11.8 Å². The second-order valence-corrected chi connectivity index (χ2v) is 7.34. The van der Waals surface area contributed by atoms with Crippen molar-refractivity contribution in [1.82, 2.24) is 4.90 Å². The first kappa shape index (κ1) is 19.9. The van der Waals surface area contributed by atoms with E-state index in [4.69, 9.17) is 9.47 Å². The molecule has 1 atom stereocenters. The normalized spacial score (nSPS) is 18.2. The van der Waals surface area contributed by atoms with Gasteiger partial charge >= 0.3 is 0 Å². The van der Waals surface area contributed by atoms with Gasteiger partial charge in [0.25, 0.3) is 0 Å². The zero-order chi connectivity index (χ0) is 19.9. The van der Waals surface area contributed by atoms with Gasteiger partial charge in [-0.15, -0.1) is 5.10 Å². The number of ether oxygens (including phenoxy) is 2. The van der Waals surface area contributed by atoms with Crippen molar-refractivity contribution in [1.29, 1.82) is 0 Å². The maximum absolute atomic E-state index is 12.7. The Labute approximate surface area is 169 Å². The molecular weight excluding hydrogens is 374 g/mol. The minimum Gasteiger partial charge on any atom is -0.493 e. The zero-order valence-corrected chi connectivity index (χ0v) is 17.0. The highest BCUT2D eigenvalue weighted by Gasteiger charge is 2.36. The van der Waals surface area contributed by atoms with E-state index < -0.39 is 0 Å². The molecule has 1 aliphatic rings. The molecule has 7 heteroatoms. The average molecular weight is 398 g/mol. The summed E-state index contributed by atoms with van der Waals surface area (Å²) in [6.45, 7) is 2.50. The summed E-state index contributed by atoms with van der Waals surface area (Å²) in [5, 5.41) is 9.04. The van der Waals surface area contributed by atoms with Crippen LogP contribution in [0.3, 0.4) is 0 Å². The SMILES string of the molecule is CCC1SC(=NN=Cc2ccc(OC)c(OC)c2)N(Cc2ccccc2)C1=O. The molecule has 0 bridgehead atoms. The Morgan fingerprint density at radius 2 is 1.86 bits per heavy atom. The lowest BCUT2D eigenvalue weighted by atomic mass is 10.2. The summed E-state index contributed by atoms with van der Waals surface area (Å²) in [7, 11) is 3.18. The first-order chi connectivity index (χ1) is 13.7. The Bertz CT molecular complexity index is 884. The lowest BCUT2D eigenvalue weighted by Gasteiger charge is -2.15. The van der Waals surface area contributed by atoms with Crippen LogP contribution in [0.4, 0.5) is 0 Å². The average Bonchev–Trinajstić information content (AvgIpc) is 3.03. The molecule has 1 heterocycles. The molecule has 1 saturated heterocycles. The molecule has 0 aromatic heterocycles. The van der Waals surface area contributed by atoms with E-state index in [2.05, 4.69) is 10.2 Å². The fraction of sp³-hybridized carbons (Fsp3) is 0.286. The van der Waals surface area contributed by atoms with Gasteiger partial charge in [-0.25, -0.2) is 0 Å². The molecule has 28 heavy (non-hydrogen) atoms. The van der Waals surface area contributed by atoms with Crippen molar-refractivity contribution in [2.45, 2.75) is 25.1 Å². The monoisotopic (exact) mass is 397 g/mol. The molecule has 1 unspecified atom stereocenters. The first-order valence-electron chi connectivity index (χ1n) is 9.01. The van der Waals surface area contributed by atoms with Gasteiger partial charge in [0.15, 0.2) is 16.7 Å². The van der Waals surface area contributed by atoms with Crippen molar-refractivity contribution in [2.24, 2.45) is 10.2 Å². The fourth-order valence-electron chi connectivity index (χ4n) is 2.83. The fourth-order valence-corrected chi connectivity index (χ4v) is 3.86. The van der Waals surface area contributed by atoms with Gasteiger partial charge in [0, 0.05) is 0 Å². The van der Waals surface area contributed by atoms with Gasteiger partial charge in [0.2, 0.25) is 5.91 Å². The minimum atomic E-state index is -0.112. The summed E-state index contributed by atoms with van der Waals surface area (Å²) in [5.74, 6) is 1.36. The topological polar surface area (TPSA) is 63.5 Å². The van der Waals surface area contributed by atoms with Crippen LogP contribution in [0, 0.1) is 0 Å². The molecule has 1 aliphatic heterocycles. The number of nitrogens with zero attached hydrogens (tertiary/aromatic N) is 3. The summed E-state index contributed by atoms with van der Waals surface area (Å²) < 4.78 is 10.5. The van der Waals surface area contributed by atoms with Crippen LogP contribution in [0.25, 0.3) is 0 Å². The molecule has 0 saturated carbocycles. The van der Waals surface area contributed by atoms with E-state index in [9.17, 15) is 4.79 Å². The maximum Gasteiger partial charge on any atom is 0.242 e. The van der Waals surface area contributed by atoms with Gasteiger partial charge in [-0.2, -0.15) is 5.10 Å². The second kappa shape index (κ2) is 9.41. The van der Waals surface area contributed by atoms with Crippen molar-refractivity contribution in [3.05, 3.63) is 59.7 Å². The maximum atomic E-state index is 12.7. The molecule has 0 N–H and O–H groups in total. The van der Waals surface area contributed by atoms with Gasteiger partial charge in [0.1, 0.15) is 0 Å². The number of carbonyl (C=O) groups excluding carboxylic acids is 1. The largest absolute Gasteiger partial charge is 0.493 e. The number of benzene rings is 2. The number of hydrogen-bond acceptors (Lipinski definition) is 6. The number of rotatable bonds is 7. The van der Waals surface area contributed by atoms with Gasteiger partial charge in [-0.3, -0.25) is 9.69 Å². The Hall–Kier alpha value is -2.80. The highest BCUT2D eigenvalue weighted by atomic mass is 32.2. The predicted molar refractivity (Wildman–Crippen MR) is 113 cm³/mol. The third-order valence-electron chi connectivity index (χ3n) is 4.33. The van der Waals surface area contributed by atoms with Crippen LogP contribution in [0.15, 0.2) is 58.7 Å².